The number of aliphatic carboxylic acids is 1. The molecule has 1 heterocycles. The van der Waals surface area contributed by atoms with Crippen LogP contribution in [0.2, 0.25) is 10.0 Å². The van der Waals surface area contributed by atoms with Crippen molar-refractivity contribution in [1.29, 1.82) is 0 Å². The van der Waals surface area contributed by atoms with E-state index in [0.717, 1.165) is 17.0 Å². The van der Waals surface area contributed by atoms with E-state index in [0.29, 0.717) is 12.1 Å². The lowest BCUT2D eigenvalue weighted by atomic mass is 9.85. The highest BCUT2D eigenvalue weighted by Gasteiger charge is 2.44. The van der Waals surface area contributed by atoms with E-state index >= 15 is 0 Å². The number of hydrogen-bond donors (Lipinski definition) is 2. The average molecular weight is 531 g/mol. The Morgan fingerprint density at radius 1 is 1.14 bits per heavy atom. The van der Waals surface area contributed by atoms with Crippen LogP contribution in [0.5, 0.6) is 0 Å². The van der Waals surface area contributed by atoms with E-state index in [1.165, 1.54) is 42.5 Å². The van der Waals surface area contributed by atoms with Gasteiger partial charge in [0.1, 0.15) is 24.8 Å². The summed E-state index contributed by atoms with van der Waals surface area (Å²) in [5, 5.41) is 25.6. The first-order valence-electron chi connectivity index (χ1n) is 10.0. The van der Waals surface area contributed by atoms with Crippen molar-refractivity contribution in [2.75, 3.05) is 6.54 Å². The number of carbonyl (C=O) groups is 2. The number of aromatic nitrogens is 3. The number of carbonyl (C=O) groups excluding carboxylic acids is 1. The Labute approximate surface area is 207 Å². The van der Waals surface area contributed by atoms with Gasteiger partial charge in [0.05, 0.1) is 18.2 Å². The van der Waals surface area contributed by atoms with Crippen LogP contribution < -0.4 is 0 Å². The second-order valence-corrected chi connectivity index (χ2v) is 8.56. The number of hydrogen-bond acceptors (Lipinski definition) is 5. The number of aliphatic hydroxyl groups is 1. The standard InChI is InChI=1S/C22H19Cl2F3N4O4/c1-13(21(35,10-30-12-28-11-29-30)17-7-6-16(23)8-18(17)24)31(9-19(32)33)20(34)14-2-4-15(5-3-14)22(25,26)27/h2-8,11-13,35H,9-10H2,1H3,(H,32,33). The van der Waals surface area contributed by atoms with Crippen molar-refractivity contribution in [3.05, 3.63) is 81.9 Å². The Hall–Kier alpha value is -3.15. The number of nitrogens with zero attached hydrogens (tertiary/aromatic N) is 4. The van der Waals surface area contributed by atoms with Crippen molar-refractivity contribution in [2.45, 2.75) is 31.3 Å². The third-order valence-electron chi connectivity index (χ3n) is 5.45. The maximum Gasteiger partial charge on any atom is 0.416 e. The molecule has 0 aliphatic rings. The van der Waals surface area contributed by atoms with Crippen molar-refractivity contribution >= 4 is 35.1 Å². The number of carboxylic acids is 1. The predicted octanol–water partition coefficient (Wildman–Crippen LogP) is 4.11. The first-order chi connectivity index (χ1) is 16.3. The number of benzene rings is 2. The van der Waals surface area contributed by atoms with E-state index in [1.807, 2.05) is 0 Å². The third-order valence-corrected chi connectivity index (χ3v) is 6.00. The Kier molecular flexibility index (Phi) is 7.73. The zero-order valence-corrected chi connectivity index (χ0v) is 19.6. The van der Waals surface area contributed by atoms with Gasteiger partial charge in [-0.05, 0) is 43.3 Å². The molecule has 0 saturated carbocycles. The predicted molar refractivity (Wildman–Crippen MR) is 120 cm³/mol. The van der Waals surface area contributed by atoms with Gasteiger partial charge in [-0.3, -0.25) is 9.59 Å². The van der Waals surface area contributed by atoms with Crippen LogP contribution in [0.25, 0.3) is 0 Å². The van der Waals surface area contributed by atoms with Gasteiger partial charge in [0, 0.05) is 21.2 Å². The lowest BCUT2D eigenvalue weighted by Gasteiger charge is -2.41. The van der Waals surface area contributed by atoms with Crippen molar-refractivity contribution in [3.63, 3.8) is 0 Å². The van der Waals surface area contributed by atoms with E-state index in [2.05, 4.69) is 10.1 Å². The quantitative estimate of drug-likeness (QED) is 0.453. The van der Waals surface area contributed by atoms with Crippen LogP contribution >= 0.6 is 23.2 Å². The maximum atomic E-state index is 13.3. The third kappa shape index (κ3) is 5.92. The zero-order valence-electron chi connectivity index (χ0n) is 18.1. The molecule has 0 radical (unpaired) electrons. The van der Waals surface area contributed by atoms with E-state index < -0.39 is 41.8 Å². The van der Waals surface area contributed by atoms with Crippen LogP contribution in [0, 0.1) is 0 Å². The van der Waals surface area contributed by atoms with Crippen molar-refractivity contribution in [1.82, 2.24) is 19.7 Å². The molecule has 1 aromatic heterocycles. The molecule has 186 valence electrons. The SMILES string of the molecule is CC(N(CC(=O)O)C(=O)c1ccc(C(F)(F)F)cc1)C(O)(Cn1cncn1)c1ccc(Cl)cc1Cl. The molecule has 2 unspecified atom stereocenters. The highest BCUT2D eigenvalue weighted by Crippen LogP contribution is 2.37. The second kappa shape index (κ2) is 10.2. The minimum absolute atomic E-state index is 0.0456. The highest BCUT2D eigenvalue weighted by atomic mass is 35.5. The zero-order chi connectivity index (χ0) is 26.0. The Balaban J connectivity index is 2.07. The Bertz CT molecular complexity index is 1210. The van der Waals surface area contributed by atoms with Gasteiger partial charge in [-0.1, -0.05) is 29.3 Å². The summed E-state index contributed by atoms with van der Waals surface area (Å²) in [6.45, 7) is 0.255. The molecule has 0 aliphatic carbocycles. The summed E-state index contributed by atoms with van der Waals surface area (Å²) >= 11 is 12.3. The molecule has 8 nitrogen and oxygen atoms in total. The van der Waals surface area contributed by atoms with Crippen LogP contribution in [0.3, 0.4) is 0 Å². The largest absolute Gasteiger partial charge is 0.480 e. The molecule has 13 heteroatoms. The Morgan fingerprint density at radius 3 is 2.31 bits per heavy atom. The second-order valence-electron chi connectivity index (χ2n) is 7.72. The van der Waals surface area contributed by atoms with Crippen LogP contribution in [0.15, 0.2) is 55.1 Å². The molecule has 1 amide bonds. The lowest BCUT2D eigenvalue weighted by Crippen LogP contribution is -2.55. The van der Waals surface area contributed by atoms with Gasteiger partial charge in [0.2, 0.25) is 0 Å². The van der Waals surface area contributed by atoms with Crippen LogP contribution in [-0.4, -0.2) is 54.3 Å². The average Bonchev–Trinajstić information content (AvgIpc) is 3.28. The first-order valence-corrected chi connectivity index (χ1v) is 10.8. The molecular weight excluding hydrogens is 512 g/mol. The molecule has 2 aromatic carbocycles. The van der Waals surface area contributed by atoms with Gasteiger partial charge >= 0.3 is 12.1 Å². The molecule has 3 aromatic rings. The summed E-state index contributed by atoms with van der Waals surface area (Å²) in [4.78, 5) is 29.6. The molecule has 2 atom stereocenters. The van der Waals surface area contributed by atoms with Gasteiger partial charge in [-0.15, -0.1) is 0 Å². The molecule has 0 fully saturated rings. The van der Waals surface area contributed by atoms with E-state index in [9.17, 15) is 33.0 Å². The van der Waals surface area contributed by atoms with Gasteiger partial charge < -0.3 is 15.1 Å². The smallest absolute Gasteiger partial charge is 0.416 e. The van der Waals surface area contributed by atoms with Gasteiger partial charge in [0.25, 0.3) is 5.91 Å². The monoisotopic (exact) mass is 530 g/mol. The van der Waals surface area contributed by atoms with Gasteiger partial charge in [0.15, 0.2) is 0 Å². The number of alkyl halides is 3. The number of halogens is 5. The molecular formula is C22H19Cl2F3N4O4. The molecule has 0 saturated heterocycles. The van der Waals surface area contributed by atoms with Crippen molar-refractivity contribution < 1.29 is 33.0 Å². The summed E-state index contributed by atoms with van der Waals surface area (Å²) < 4.78 is 40.1. The fraction of sp³-hybridized carbons (Fsp3) is 0.273. The number of carboxylic acid groups (broad SMARTS) is 1. The van der Waals surface area contributed by atoms with Crippen molar-refractivity contribution in [3.8, 4) is 0 Å². The highest BCUT2D eigenvalue weighted by molar-refractivity contribution is 6.35. The van der Waals surface area contributed by atoms with Gasteiger partial charge in [-0.2, -0.15) is 18.3 Å². The molecule has 35 heavy (non-hydrogen) atoms. The van der Waals surface area contributed by atoms with E-state index in [1.54, 1.807) is 0 Å². The molecule has 2 N–H and O–H groups in total. The Morgan fingerprint density at radius 2 is 1.80 bits per heavy atom. The summed E-state index contributed by atoms with van der Waals surface area (Å²) in [6, 6.07) is 6.33. The minimum Gasteiger partial charge on any atom is -0.480 e. The summed E-state index contributed by atoms with van der Waals surface area (Å²) in [5.74, 6) is -2.31. The van der Waals surface area contributed by atoms with Crippen LogP contribution in [0.4, 0.5) is 13.2 Å². The number of rotatable bonds is 8. The van der Waals surface area contributed by atoms with Crippen LogP contribution in [-0.2, 0) is 23.1 Å². The molecule has 0 bridgehead atoms. The van der Waals surface area contributed by atoms with E-state index in [-0.39, 0.29) is 27.7 Å². The first kappa shape index (κ1) is 26.5. The summed E-state index contributed by atoms with van der Waals surface area (Å²) in [5.41, 5.74) is -3.05. The molecule has 3 rings (SSSR count). The maximum absolute atomic E-state index is 13.3. The topological polar surface area (TPSA) is 109 Å². The fourth-order valence-electron chi connectivity index (χ4n) is 3.60. The van der Waals surface area contributed by atoms with Crippen molar-refractivity contribution in [2.24, 2.45) is 0 Å². The normalized spacial score (nSPS) is 14.3. The van der Waals surface area contributed by atoms with Gasteiger partial charge in [-0.25, -0.2) is 9.67 Å². The van der Waals surface area contributed by atoms with Crippen LogP contribution in [0.1, 0.15) is 28.4 Å². The summed E-state index contributed by atoms with van der Waals surface area (Å²) in [7, 11) is 0. The molecule has 0 aliphatic heterocycles. The minimum atomic E-state index is -4.61. The fourth-order valence-corrected chi connectivity index (χ4v) is 4.17. The summed E-state index contributed by atoms with van der Waals surface area (Å²) in [6.07, 6.45) is -2.09. The number of amides is 1. The molecule has 0 spiro atoms. The lowest BCUT2D eigenvalue weighted by molar-refractivity contribution is -0.140. The van der Waals surface area contributed by atoms with E-state index in [4.69, 9.17) is 23.2 Å².